The molecule has 0 saturated carbocycles. The lowest BCUT2D eigenvalue weighted by atomic mass is 9.94. The number of anilines is 5. The molecule has 1 saturated heterocycles. The molecule has 2 aliphatic rings. The van der Waals surface area contributed by atoms with Crippen LogP contribution < -0.4 is 16.0 Å². The summed E-state index contributed by atoms with van der Waals surface area (Å²) in [6, 6.07) is 13.0. The first-order valence-electron chi connectivity index (χ1n) is 16.4. The van der Waals surface area contributed by atoms with Gasteiger partial charge in [-0.25, -0.2) is 27.4 Å². The van der Waals surface area contributed by atoms with Gasteiger partial charge < -0.3 is 26.2 Å². The SMILES string of the molecule is O=C(CC1CCN(S(=O)(=O)c2ccccc2F)CC1)Nc1ccc2cc1CCc1cncc(c1)Nc1ncc(Cl)c(n1)N2.O=C(O)C(F)(F)F.O=C(O)C(F)(F)F. The van der Waals surface area contributed by atoms with E-state index in [1.165, 1.54) is 28.7 Å². The number of benzene rings is 2. The summed E-state index contributed by atoms with van der Waals surface area (Å²) in [4.78, 5) is 43.7. The number of hydrogen-bond acceptors (Lipinski definition) is 10. The largest absolute Gasteiger partial charge is 0.490 e. The quantitative estimate of drug-likeness (QED) is 0.130. The average Bonchev–Trinajstić information content (AvgIpc) is 3.13. The van der Waals surface area contributed by atoms with Gasteiger partial charge in [-0.3, -0.25) is 9.78 Å². The highest BCUT2D eigenvalue weighted by atomic mass is 35.5. The molecule has 14 nitrogen and oxygen atoms in total. The average molecular weight is 850 g/mol. The number of pyridine rings is 1. The van der Waals surface area contributed by atoms with Crippen LogP contribution in [-0.4, -0.2) is 81.2 Å². The van der Waals surface area contributed by atoms with Crippen LogP contribution in [0.3, 0.4) is 0 Å². The molecular weight excluding hydrogens is 819 g/mol. The molecule has 2 aliphatic heterocycles. The van der Waals surface area contributed by atoms with Crippen LogP contribution in [0.2, 0.25) is 5.02 Å². The highest BCUT2D eigenvalue weighted by Gasteiger charge is 2.39. The Morgan fingerprint density at radius 2 is 1.51 bits per heavy atom. The van der Waals surface area contributed by atoms with Gasteiger partial charge in [-0.1, -0.05) is 23.7 Å². The molecule has 0 spiro atoms. The zero-order chi connectivity index (χ0) is 42.1. The van der Waals surface area contributed by atoms with E-state index in [2.05, 4.69) is 30.9 Å². The van der Waals surface area contributed by atoms with Crippen molar-refractivity contribution in [3.63, 3.8) is 0 Å². The van der Waals surface area contributed by atoms with Crippen molar-refractivity contribution in [3.8, 4) is 0 Å². The number of fused-ring (bicyclic) bond motifs is 6. The summed E-state index contributed by atoms with van der Waals surface area (Å²) in [6.07, 6.45) is -2.55. The predicted molar refractivity (Wildman–Crippen MR) is 190 cm³/mol. The third-order valence-electron chi connectivity index (χ3n) is 8.11. The summed E-state index contributed by atoms with van der Waals surface area (Å²) in [5.41, 5.74) is 4.13. The van der Waals surface area contributed by atoms with Gasteiger partial charge in [0.05, 0.1) is 18.1 Å². The van der Waals surface area contributed by atoms with Crippen molar-refractivity contribution in [2.75, 3.05) is 29.0 Å². The maximum atomic E-state index is 14.2. The number of carboxylic acids is 2. The van der Waals surface area contributed by atoms with E-state index in [0.29, 0.717) is 48.2 Å². The highest BCUT2D eigenvalue weighted by molar-refractivity contribution is 7.89. The second-order valence-electron chi connectivity index (χ2n) is 12.2. The van der Waals surface area contributed by atoms with Crippen molar-refractivity contribution in [1.29, 1.82) is 0 Å². The van der Waals surface area contributed by atoms with E-state index in [1.807, 2.05) is 24.3 Å². The molecule has 57 heavy (non-hydrogen) atoms. The summed E-state index contributed by atoms with van der Waals surface area (Å²) in [7, 11) is -3.93. The highest BCUT2D eigenvalue weighted by Crippen LogP contribution is 2.31. The van der Waals surface area contributed by atoms with Gasteiger partial charge in [0.2, 0.25) is 21.9 Å². The second-order valence-corrected chi connectivity index (χ2v) is 14.5. The van der Waals surface area contributed by atoms with Gasteiger partial charge in [0.1, 0.15) is 15.7 Å². The summed E-state index contributed by atoms with van der Waals surface area (Å²) < 4.78 is 105. The molecule has 4 aromatic rings. The van der Waals surface area contributed by atoms with Crippen LogP contribution in [-0.2, 0) is 37.2 Å². The standard InChI is InChI=1S/C30H29ClFN7O3S.2C2HF3O2/c31-24-18-34-30-36-23-13-20(16-33-17-23)5-6-21-15-22(35-29(24)38-30)7-8-26(21)37-28(40)14-19-9-11-39(12-10-19)43(41,42)27-4-2-1-3-25(27)32;2*3-2(4,5)1(6)7/h1-4,7-8,13,15-19H,5-6,9-12,14H2,(H,37,40)(H2,34,35,36,38);2*(H,6,7). The van der Waals surface area contributed by atoms with Gasteiger partial charge in [0, 0.05) is 37.1 Å². The number of sulfonamides is 1. The Balaban J connectivity index is 0.000000440. The van der Waals surface area contributed by atoms with Gasteiger partial charge >= 0.3 is 24.3 Å². The van der Waals surface area contributed by atoms with Crippen LogP contribution in [0.15, 0.2) is 72.0 Å². The van der Waals surface area contributed by atoms with Gasteiger partial charge in [0.15, 0.2) is 5.82 Å². The zero-order valence-electron chi connectivity index (χ0n) is 29.0. The number of carbonyl (C=O) groups excluding carboxylic acids is 1. The minimum absolute atomic E-state index is 0.00786. The number of alkyl halides is 6. The first-order valence-corrected chi connectivity index (χ1v) is 18.2. The molecule has 23 heteroatoms. The van der Waals surface area contributed by atoms with E-state index in [4.69, 9.17) is 31.4 Å². The molecular formula is C34H31ClF7N7O7S. The number of carbonyl (C=O) groups is 3. The van der Waals surface area contributed by atoms with Gasteiger partial charge in [-0.05, 0) is 79.1 Å². The van der Waals surface area contributed by atoms with E-state index in [9.17, 15) is 43.9 Å². The number of piperidine rings is 1. The lowest BCUT2D eigenvalue weighted by Crippen LogP contribution is -2.39. The Morgan fingerprint density at radius 1 is 0.877 bits per heavy atom. The molecule has 0 atom stereocenters. The maximum absolute atomic E-state index is 14.2. The van der Waals surface area contributed by atoms with Gasteiger partial charge in [0.25, 0.3) is 0 Å². The van der Waals surface area contributed by atoms with Crippen molar-refractivity contribution < 1.29 is 63.7 Å². The number of aliphatic carboxylic acids is 2. The molecule has 5 N–H and O–H groups in total. The molecule has 6 rings (SSSR count). The number of carboxylic acid groups (broad SMARTS) is 2. The molecule has 0 unspecified atom stereocenters. The molecule has 306 valence electrons. The van der Waals surface area contributed by atoms with Gasteiger partial charge in [-0.2, -0.15) is 35.6 Å². The van der Waals surface area contributed by atoms with E-state index < -0.39 is 40.1 Å². The maximum Gasteiger partial charge on any atom is 0.490 e. The third-order valence-corrected chi connectivity index (χ3v) is 10.3. The molecule has 0 aliphatic carbocycles. The Labute approximate surface area is 324 Å². The van der Waals surface area contributed by atoms with E-state index >= 15 is 0 Å². The first-order chi connectivity index (χ1) is 26.6. The predicted octanol–water partition coefficient (Wildman–Crippen LogP) is 6.95. The minimum atomic E-state index is -5.08. The summed E-state index contributed by atoms with van der Waals surface area (Å²) in [6.45, 7) is 0.463. The van der Waals surface area contributed by atoms with Crippen LogP contribution in [0.25, 0.3) is 0 Å². The molecule has 0 radical (unpaired) electrons. The van der Waals surface area contributed by atoms with Gasteiger partial charge in [-0.15, -0.1) is 0 Å². The summed E-state index contributed by atoms with van der Waals surface area (Å²) >= 11 is 6.36. The van der Waals surface area contributed by atoms with E-state index in [1.54, 1.807) is 12.4 Å². The van der Waals surface area contributed by atoms with Crippen LogP contribution in [0.4, 0.5) is 59.6 Å². The fourth-order valence-corrected chi connectivity index (χ4v) is 7.04. The Kier molecular flexibility index (Phi) is 14.4. The van der Waals surface area contributed by atoms with Crippen LogP contribution in [0.1, 0.15) is 30.4 Å². The summed E-state index contributed by atoms with van der Waals surface area (Å²) in [5.74, 6) is -5.60. The van der Waals surface area contributed by atoms with Crippen molar-refractivity contribution in [1.82, 2.24) is 19.3 Å². The molecule has 4 heterocycles. The first kappa shape index (κ1) is 44.1. The number of nitrogens with zero attached hydrogens (tertiary/aromatic N) is 4. The van der Waals surface area contributed by atoms with Crippen LogP contribution in [0, 0.1) is 11.7 Å². The number of nitrogens with one attached hydrogen (secondary N) is 3. The number of aryl methyl sites for hydroxylation is 2. The summed E-state index contributed by atoms with van der Waals surface area (Å²) in [5, 5.41) is 24.1. The lowest BCUT2D eigenvalue weighted by molar-refractivity contribution is -0.193. The molecule has 6 bridgehead atoms. The normalized spacial score (nSPS) is 14.6. The number of amides is 1. The third kappa shape index (κ3) is 12.7. The Morgan fingerprint density at radius 3 is 2.12 bits per heavy atom. The Hall–Kier alpha value is -5.61. The van der Waals surface area contributed by atoms with Crippen LogP contribution >= 0.6 is 11.6 Å². The number of halogens is 8. The van der Waals surface area contributed by atoms with E-state index in [-0.39, 0.29) is 36.2 Å². The molecule has 1 fully saturated rings. The molecule has 2 aromatic carbocycles. The van der Waals surface area contributed by atoms with Crippen molar-refractivity contribution in [3.05, 3.63) is 89.1 Å². The van der Waals surface area contributed by atoms with Crippen molar-refractivity contribution in [2.45, 2.75) is 49.4 Å². The van der Waals surface area contributed by atoms with Crippen LogP contribution in [0.5, 0.6) is 0 Å². The Bertz CT molecular complexity index is 2180. The topological polar surface area (TPSA) is 204 Å². The monoisotopic (exact) mass is 849 g/mol. The number of aromatic nitrogens is 3. The second kappa shape index (κ2) is 18.6. The lowest BCUT2D eigenvalue weighted by Gasteiger charge is -2.31. The minimum Gasteiger partial charge on any atom is -0.475 e. The zero-order valence-corrected chi connectivity index (χ0v) is 30.6. The number of hydrogen-bond donors (Lipinski definition) is 5. The van der Waals surface area contributed by atoms with Crippen molar-refractivity contribution >= 4 is 68.3 Å². The molecule has 2 aromatic heterocycles. The number of rotatable bonds is 5. The molecule has 1 amide bonds. The fourth-order valence-electron chi connectivity index (χ4n) is 5.36. The fraction of sp³-hybridized carbons (Fsp3) is 0.294. The van der Waals surface area contributed by atoms with Crippen molar-refractivity contribution in [2.24, 2.45) is 5.92 Å². The smallest absolute Gasteiger partial charge is 0.475 e. The van der Waals surface area contributed by atoms with E-state index in [0.717, 1.165) is 28.6 Å².